The number of hydrogen-bond acceptors (Lipinski definition) is 9. The fourth-order valence-corrected chi connectivity index (χ4v) is 2.49. The first-order valence-corrected chi connectivity index (χ1v) is 7.51. The van der Waals surface area contributed by atoms with E-state index < -0.39 is 55.0 Å². The van der Waals surface area contributed by atoms with E-state index in [-0.39, 0.29) is 12.2 Å². The van der Waals surface area contributed by atoms with Crippen molar-refractivity contribution in [3.05, 3.63) is 23.8 Å². The number of carboxylic acids is 1. The summed E-state index contributed by atoms with van der Waals surface area (Å²) >= 11 is 0. The number of phenols is 2. The lowest BCUT2D eigenvalue weighted by molar-refractivity contribution is -0.318. The number of ether oxygens (including phenoxy) is 1. The SMILES string of the molecule is O=C(O)[C@H](Cc1ccc(O)c(O)c1)NC[C@@]1(O)OC[C@@H](O)[C@@H](O)[C@@H]1O. The van der Waals surface area contributed by atoms with Gasteiger partial charge in [-0.25, -0.2) is 0 Å². The van der Waals surface area contributed by atoms with Gasteiger partial charge in [0.05, 0.1) is 13.2 Å². The molecule has 10 nitrogen and oxygen atoms in total. The quantitative estimate of drug-likeness (QED) is 0.253. The maximum atomic E-state index is 11.4. The van der Waals surface area contributed by atoms with Crippen molar-refractivity contribution in [1.82, 2.24) is 5.32 Å². The summed E-state index contributed by atoms with van der Waals surface area (Å²) in [7, 11) is 0. The van der Waals surface area contributed by atoms with Gasteiger partial charge in [0, 0.05) is 0 Å². The number of carboxylic acid groups (broad SMARTS) is 1. The molecule has 0 radical (unpaired) electrons. The van der Waals surface area contributed by atoms with E-state index in [1.54, 1.807) is 0 Å². The molecule has 0 saturated carbocycles. The topological polar surface area (TPSA) is 180 Å². The maximum absolute atomic E-state index is 11.4. The first-order chi connectivity index (χ1) is 11.6. The van der Waals surface area contributed by atoms with Crippen molar-refractivity contribution in [2.75, 3.05) is 13.2 Å². The van der Waals surface area contributed by atoms with E-state index in [9.17, 15) is 40.5 Å². The first-order valence-electron chi connectivity index (χ1n) is 7.51. The highest BCUT2D eigenvalue weighted by molar-refractivity contribution is 5.74. The van der Waals surface area contributed by atoms with Gasteiger partial charge in [-0.3, -0.25) is 10.1 Å². The summed E-state index contributed by atoms with van der Waals surface area (Å²) in [5.41, 5.74) is 0.405. The molecule has 0 aromatic heterocycles. The zero-order valence-electron chi connectivity index (χ0n) is 13.1. The van der Waals surface area contributed by atoms with Gasteiger partial charge in [-0.2, -0.15) is 0 Å². The number of phenolic OH excluding ortho intramolecular Hbond substituents is 2. The fraction of sp³-hybridized carbons (Fsp3) is 0.533. The molecule has 0 unspecified atom stereocenters. The molecule has 8 N–H and O–H groups in total. The molecule has 10 heteroatoms. The first kappa shape index (κ1) is 19.4. The number of carbonyl (C=O) groups is 1. The van der Waals surface area contributed by atoms with Crippen molar-refractivity contribution in [3.8, 4) is 11.5 Å². The van der Waals surface area contributed by atoms with E-state index in [2.05, 4.69) is 5.32 Å². The second kappa shape index (κ2) is 7.52. The summed E-state index contributed by atoms with van der Waals surface area (Å²) in [6.07, 6.45) is -4.94. The number of aliphatic carboxylic acids is 1. The minimum Gasteiger partial charge on any atom is -0.504 e. The Balaban J connectivity index is 2.04. The molecule has 0 spiro atoms. The average Bonchev–Trinajstić information content (AvgIpc) is 2.56. The molecule has 1 aromatic carbocycles. The van der Waals surface area contributed by atoms with Crippen molar-refractivity contribution in [1.29, 1.82) is 0 Å². The molecular formula is C15H21NO9. The van der Waals surface area contributed by atoms with Crippen LogP contribution >= 0.6 is 0 Å². The number of hydrogen-bond donors (Lipinski definition) is 8. The number of rotatable bonds is 6. The van der Waals surface area contributed by atoms with Crippen LogP contribution in [0.15, 0.2) is 18.2 Å². The highest BCUT2D eigenvalue weighted by Crippen LogP contribution is 2.26. The molecule has 140 valence electrons. The van der Waals surface area contributed by atoms with Crippen molar-refractivity contribution in [2.45, 2.75) is 36.6 Å². The molecule has 5 atom stereocenters. The predicted molar refractivity (Wildman–Crippen MR) is 81.8 cm³/mol. The summed E-state index contributed by atoms with van der Waals surface area (Å²) in [5, 5.41) is 69.6. The third kappa shape index (κ3) is 4.37. The minimum atomic E-state index is -2.27. The third-order valence-corrected chi connectivity index (χ3v) is 4.06. The van der Waals surface area contributed by atoms with E-state index in [1.165, 1.54) is 18.2 Å². The zero-order chi connectivity index (χ0) is 18.8. The van der Waals surface area contributed by atoms with Gasteiger partial charge in [0.15, 0.2) is 11.5 Å². The van der Waals surface area contributed by atoms with Gasteiger partial charge in [-0.05, 0) is 24.1 Å². The van der Waals surface area contributed by atoms with Crippen LogP contribution < -0.4 is 5.32 Å². The van der Waals surface area contributed by atoms with Crippen molar-refractivity contribution >= 4 is 5.97 Å². The number of nitrogens with one attached hydrogen (secondary N) is 1. The van der Waals surface area contributed by atoms with Crippen molar-refractivity contribution in [3.63, 3.8) is 0 Å². The third-order valence-electron chi connectivity index (χ3n) is 4.06. The molecule has 0 bridgehead atoms. The Labute approximate surface area is 142 Å². The Morgan fingerprint density at radius 2 is 1.96 bits per heavy atom. The molecule has 2 rings (SSSR count). The van der Waals surface area contributed by atoms with Gasteiger partial charge in [0.2, 0.25) is 5.79 Å². The van der Waals surface area contributed by atoms with Gasteiger partial charge in [0.1, 0.15) is 24.4 Å². The second-order valence-corrected chi connectivity index (χ2v) is 5.96. The average molecular weight is 359 g/mol. The van der Waals surface area contributed by atoms with Crippen LogP contribution in [-0.4, -0.2) is 85.0 Å². The molecule has 1 aliphatic heterocycles. The van der Waals surface area contributed by atoms with E-state index in [0.29, 0.717) is 5.56 Å². The Hall–Kier alpha value is -1.95. The largest absolute Gasteiger partial charge is 0.504 e. The second-order valence-electron chi connectivity index (χ2n) is 5.96. The Bertz CT molecular complexity index is 625. The normalized spacial score (nSPS) is 30.8. The molecule has 25 heavy (non-hydrogen) atoms. The van der Waals surface area contributed by atoms with Crippen LogP contribution in [0.25, 0.3) is 0 Å². The summed E-state index contributed by atoms with van der Waals surface area (Å²) < 4.78 is 4.94. The lowest BCUT2D eigenvalue weighted by Crippen LogP contribution is -2.65. The van der Waals surface area contributed by atoms with E-state index >= 15 is 0 Å². The molecule has 1 saturated heterocycles. The Kier molecular flexibility index (Phi) is 5.83. The monoisotopic (exact) mass is 359 g/mol. The molecule has 1 fully saturated rings. The van der Waals surface area contributed by atoms with Crippen molar-refractivity contribution in [2.24, 2.45) is 0 Å². The van der Waals surface area contributed by atoms with Crippen LogP contribution in [-0.2, 0) is 16.0 Å². The summed E-state index contributed by atoms with van der Waals surface area (Å²) in [6.45, 7) is -0.959. The highest BCUT2D eigenvalue weighted by atomic mass is 16.6. The number of aliphatic hydroxyl groups excluding tert-OH is 3. The fourth-order valence-electron chi connectivity index (χ4n) is 2.49. The van der Waals surface area contributed by atoms with Gasteiger partial charge < -0.3 is 40.5 Å². The standard InChI is InChI=1S/C15H21NO9/c17-9-2-1-7(4-10(9)18)3-8(14(22)23)16-6-15(24)13(21)12(20)11(19)5-25-15/h1-2,4,8,11-13,16-21,24H,3,5-6H2,(H,22,23)/t8-,11+,12+,13-,15+/m0/s1. The van der Waals surface area contributed by atoms with Crippen LogP contribution in [0.5, 0.6) is 11.5 Å². The van der Waals surface area contributed by atoms with E-state index in [1.807, 2.05) is 0 Å². The number of aliphatic hydroxyl groups is 4. The zero-order valence-corrected chi connectivity index (χ0v) is 13.1. The van der Waals surface area contributed by atoms with Crippen LogP contribution in [0.3, 0.4) is 0 Å². The molecule has 0 aliphatic carbocycles. The maximum Gasteiger partial charge on any atom is 0.321 e. The van der Waals surface area contributed by atoms with E-state index in [4.69, 9.17) is 4.74 Å². The summed E-state index contributed by atoms with van der Waals surface area (Å²) in [5.74, 6) is -4.28. The lowest BCUT2D eigenvalue weighted by Gasteiger charge is -2.42. The summed E-state index contributed by atoms with van der Waals surface area (Å²) in [6, 6.07) is 2.62. The molecule has 1 heterocycles. The van der Waals surface area contributed by atoms with Crippen LogP contribution in [0.4, 0.5) is 0 Å². The van der Waals surface area contributed by atoms with Gasteiger partial charge in [-0.15, -0.1) is 0 Å². The lowest BCUT2D eigenvalue weighted by atomic mass is 9.96. The van der Waals surface area contributed by atoms with E-state index in [0.717, 1.165) is 0 Å². The molecule has 0 amide bonds. The predicted octanol–water partition coefficient (Wildman–Crippen LogP) is -2.52. The number of aromatic hydroxyl groups is 2. The highest BCUT2D eigenvalue weighted by Gasteiger charge is 2.48. The number of benzene rings is 1. The van der Waals surface area contributed by atoms with Crippen LogP contribution in [0, 0.1) is 0 Å². The summed E-state index contributed by atoms with van der Waals surface area (Å²) in [4.78, 5) is 11.4. The molecule has 1 aromatic rings. The smallest absolute Gasteiger partial charge is 0.321 e. The van der Waals surface area contributed by atoms with Gasteiger partial charge >= 0.3 is 5.97 Å². The Morgan fingerprint density at radius 1 is 1.28 bits per heavy atom. The Morgan fingerprint density at radius 3 is 2.56 bits per heavy atom. The van der Waals surface area contributed by atoms with Gasteiger partial charge in [0.25, 0.3) is 0 Å². The molecule has 1 aliphatic rings. The van der Waals surface area contributed by atoms with Crippen molar-refractivity contribution < 1.29 is 45.3 Å². The van der Waals surface area contributed by atoms with Crippen LogP contribution in [0.2, 0.25) is 0 Å². The molecular weight excluding hydrogens is 338 g/mol. The van der Waals surface area contributed by atoms with Gasteiger partial charge in [-0.1, -0.05) is 6.07 Å². The van der Waals surface area contributed by atoms with Crippen LogP contribution in [0.1, 0.15) is 5.56 Å². The minimum absolute atomic E-state index is 0.0967.